The molecule has 0 bridgehead atoms. The van der Waals surface area contributed by atoms with Gasteiger partial charge in [-0.25, -0.2) is 0 Å². The van der Waals surface area contributed by atoms with Crippen LogP contribution in [0.5, 0.6) is 0 Å². The molecule has 0 amide bonds. The van der Waals surface area contributed by atoms with E-state index in [1.165, 1.54) is 25.8 Å². The van der Waals surface area contributed by atoms with Crippen LogP contribution in [0.3, 0.4) is 0 Å². The monoisotopic (exact) mass is 266 g/mol. The SMILES string of the molecule is CCCCc1noc(CN(C)CC2CCCNC2)n1. The van der Waals surface area contributed by atoms with Gasteiger partial charge in [-0.15, -0.1) is 0 Å². The van der Waals surface area contributed by atoms with Gasteiger partial charge in [0, 0.05) is 13.0 Å². The highest BCUT2D eigenvalue weighted by molar-refractivity contribution is 4.86. The Morgan fingerprint density at radius 1 is 1.47 bits per heavy atom. The van der Waals surface area contributed by atoms with E-state index in [1.54, 1.807) is 0 Å². The lowest BCUT2D eigenvalue weighted by molar-refractivity contribution is 0.212. The third kappa shape index (κ3) is 4.91. The van der Waals surface area contributed by atoms with Crippen molar-refractivity contribution in [3.05, 3.63) is 11.7 Å². The number of unbranched alkanes of at least 4 members (excludes halogenated alkanes) is 1. The van der Waals surface area contributed by atoms with Gasteiger partial charge < -0.3 is 9.84 Å². The summed E-state index contributed by atoms with van der Waals surface area (Å²) < 4.78 is 5.30. The fourth-order valence-electron chi connectivity index (χ4n) is 2.61. The second-order valence-electron chi connectivity index (χ2n) is 5.62. The van der Waals surface area contributed by atoms with Gasteiger partial charge in [0.25, 0.3) is 0 Å². The molecule has 19 heavy (non-hydrogen) atoms. The molecule has 2 rings (SSSR count). The summed E-state index contributed by atoms with van der Waals surface area (Å²) in [4.78, 5) is 6.73. The fraction of sp³-hybridized carbons (Fsp3) is 0.857. The first-order valence-electron chi connectivity index (χ1n) is 7.48. The lowest BCUT2D eigenvalue weighted by Gasteiger charge is -2.26. The molecule has 1 unspecified atom stereocenters. The van der Waals surface area contributed by atoms with Gasteiger partial charge in [-0.2, -0.15) is 4.98 Å². The van der Waals surface area contributed by atoms with Crippen LogP contribution in [0.2, 0.25) is 0 Å². The third-order valence-corrected chi connectivity index (χ3v) is 3.64. The van der Waals surface area contributed by atoms with Crippen molar-refractivity contribution >= 4 is 0 Å². The van der Waals surface area contributed by atoms with E-state index in [4.69, 9.17) is 4.52 Å². The average molecular weight is 266 g/mol. The second kappa shape index (κ2) is 7.60. The molecular weight excluding hydrogens is 240 g/mol. The number of hydrogen-bond acceptors (Lipinski definition) is 5. The molecule has 0 spiro atoms. The minimum absolute atomic E-state index is 0.748. The zero-order valence-electron chi connectivity index (χ0n) is 12.2. The van der Waals surface area contributed by atoms with Crippen LogP contribution in [0.25, 0.3) is 0 Å². The van der Waals surface area contributed by atoms with Crippen LogP contribution in [0, 0.1) is 5.92 Å². The number of hydrogen-bond donors (Lipinski definition) is 1. The standard InChI is InChI=1S/C14H26N4O/c1-3-4-7-13-16-14(19-17-13)11-18(2)10-12-6-5-8-15-9-12/h12,15H,3-11H2,1-2H3. The van der Waals surface area contributed by atoms with Gasteiger partial charge in [-0.3, -0.25) is 4.90 Å². The van der Waals surface area contributed by atoms with Crippen LogP contribution < -0.4 is 5.32 Å². The Morgan fingerprint density at radius 3 is 3.11 bits per heavy atom. The number of nitrogens with one attached hydrogen (secondary N) is 1. The van der Waals surface area contributed by atoms with E-state index in [-0.39, 0.29) is 0 Å². The van der Waals surface area contributed by atoms with Crippen molar-refractivity contribution in [3.63, 3.8) is 0 Å². The highest BCUT2D eigenvalue weighted by atomic mass is 16.5. The molecule has 108 valence electrons. The third-order valence-electron chi connectivity index (χ3n) is 3.64. The number of aryl methyl sites for hydroxylation is 1. The summed E-state index contributed by atoms with van der Waals surface area (Å²) in [5.41, 5.74) is 0. The second-order valence-corrected chi connectivity index (χ2v) is 5.62. The predicted molar refractivity (Wildman–Crippen MR) is 74.8 cm³/mol. The smallest absolute Gasteiger partial charge is 0.240 e. The molecule has 1 aromatic heterocycles. The van der Waals surface area contributed by atoms with Crippen molar-refractivity contribution < 1.29 is 4.52 Å². The minimum atomic E-state index is 0.748. The molecule has 0 aliphatic carbocycles. The zero-order chi connectivity index (χ0) is 13.5. The molecule has 1 N–H and O–H groups in total. The first-order valence-corrected chi connectivity index (χ1v) is 7.48. The van der Waals surface area contributed by atoms with Crippen molar-refractivity contribution in [1.29, 1.82) is 0 Å². The summed E-state index contributed by atoms with van der Waals surface area (Å²) in [6.07, 6.45) is 5.83. The van der Waals surface area contributed by atoms with Crippen molar-refractivity contribution in [3.8, 4) is 0 Å². The van der Waals surface area contributed by atoms with Gasteiger partial charge >= 0.3 is 0 Å². The molecular formula is C14H26N4O. The molecule has 1 aliphatic rings. The van der Waals surface area contributed by atoms with Crippen molar-refractivity contribution in [2.45, 2.75) is 45.6 Å². The lowest BCUT2D eigenvalue weighted by Crippen LogP contribution is -2.36. The van der Waals surface area contributed by atoms with Crippen LogP contribution in [-0.4, -0.2) is 41.7 Å². The van der Waals surface area contributed by atoms with Gasteiger partial charge in [0.15, 0.2) is 5.82 Å². The maximum atomic E-state index is 5.30. The summed E-state index contributed by atoms with van der Waals surface area (Å²) in [6.45, 7) is 6.34. The Hall–Kier alpha value is -0.940. The van der Waals surface area contributed by atoms with Gasteiger partial charge in [0.05, 0.1) is 6.54 Å². The van der Waals surface area contributed by atoms with E-state index < -0.39 is 0 Å². The van der Waals surface area contributed by atoms with Crippen LogP contribution >= 0.6 is 0 Å². The molecule has 5 heteroatoms. The van der Waals surface area contributed by atoms with Gasteiger partial charge in [0.1, 0.15) is 0 Å². The van der Waals surface area contributed by atoms with E-state index in [9.17, 15) is 0 Å². The highest BCUT2D eigenvalue weighted by Crippen LogP contribution is 2.12. The lowest BCUT2D eigenvalue weighted by atomic mass is 9.99. The van der Waals surface area contributed by atoms with Gasteiger partial charge in [-0.05, 0) is 45.3 Å². The summed E-state index contributed by atoms with van der Waals surface area (Å²) in [5, 5.41) is 7.48. The Bertz CT molecular complexity index is 360. The van der Waals surface area contributed by atoms with Crippen LogP contribution in [0.1, 0.15) is 44.3 Å². The van der Waals surface area contributed by atoms with Crippen LogP contribution in [0.4, 0.5) is 0 Å². The zero-order valence-corrected chi connectivity index (χ0v) is 12.2. The van der Waals surface area contributed by atoms with Crippen LogP contribution in [-0.2, 0) is 13.0 Å². The molecule has 1 aromatic rings. The quantitative estimate of drug-likeness (QED) is 0.816. The largest absolute Gasteiger partial charge is 0.338 e. The molecule has 0 saturated carbocycles. The molecule has 0 radical (unpaired) electrons. The number of piperidine rings is 1. The topological polar surface area (TPSA) is 54.2 Å². The molecule has 2 heterocycles. The van der Waals surface area contributed by atoms with E-state index in [1.807, 2.05) is 0 Å². The van der Waals surface area contributed by atoms with Crippen molar-refractivity contribution in [2.24, 2.45) is 5.92 Å². The Kier molecular flexibility index (Phi) is 5.79. The highest BCUT2D eigenvalue weighted by Gasteiger charge is 2.16. The first kappa shape index (κ1) is 14.5. The summed E-state index contributed by atoms with van der Waals surface area (Å²) >= 11 is 0. The first-order chi connectivity index (χ1) is 9.28. The molecule has 1 saturated heterocycles. The van der Waals surface area contributed by atoms with E-state index in [2.05, 4.69) is 34.3 Å². The maximum absolute atomic E-state index is 5.30. The fourth-order valence-corrected chi connectivity index (χ4v) is 2.61. The number of aromatic nitrogens is 2. The molecule has 5 nitrogen and oxygen atoms in total. The number of nitrogens with zero attached hydrogens (tertiary/aromatic N) is 3. The van der Waals surface area contributed by atoms with E-state index in [0.717, 1.165) is 50.1 Å². The molecule has 1 aliphatic heterocycles. The average Bonchev–Trinajstić information content (AvgIpc) is 2.85. The molecule has 0 aromatic carbocycles. The van der Waals surface area contributed by atoms with Gasteiger partial charge in [0.2, 0.25) is 5.89 Å². The van der Waals surface area contributed by atoms with Crippen molar-refractivity contribution in [2.75, 3.05) is 26.7 Å². The predicted octanol–water partition coefficient (Wildman–Crippen LogP) is 1.84. The summed E-state index contributed by atoms with van der Waals surface area (Å²) in [6, 6.07) is 0. The van der Waals surface area contributed by atoms with E-state index >= 15 is 0 Å². The van der Waals surface area contributed by atoms with Crippen molar-refractivity contribution in [1.82, 2.24) is 20.4 Å². The summed E-state index contributed by atoms with van der Waals surface area (Å²) in [5.74, 6) is 2.35. The normalized spacial score (nSPS) is 20.1. The van der Waals surface area contributed by atoms with Gasteiger partial charge in [-0.1, -0.05) is 18.5 Å². The minimum Gasteiger partial charge on any atom is -0.338 e. The Labute approximate surface area is 115 Å². The summed E-state index contributed by atoms with van der Waals surface area (Å²) in [7, 11) is 2.13. The Morgan fingerprint density at radius 2 is 2.37 bits per heavy atom. The Balaban J connectivity index is 1.74. The molecule has 1 atom stereocenters. The molecule has 1 fully saturated rings. The van der Waals surface area contributed by atoms with Crippen LogP contribution in [0.15, 0.2) is 4.52 Å². The van der Waals surface area contributed by atoms with E-state index in [0.29, 0.717) is 0 Å². The maximum Gasteiger partial charge on any atom is 0.240 e. The number of rotatable bonds is 7.